The minimum atomic E-state index is -0.822. The molecule has 0 unspecified atom stereocenters. The van der Waals surface area contributed by atoms with E-state index >= 15 is 0 Å². The van der Waals surface area contributed by atoms with Crippen LogP contribution in [0.5, 0.6) is 11.5 Å². The highest BCUT2D eigenvalue weighted by Gasteiger charge is 2.05. The highest BCUT2D eigenvalue weighted by atomic mass is 16.7. The van der Waals surface area contributed by atoms with Crippen molar-refractivity contribution in [2.24, 2.45) is 0 Å². The van der Waals surface area contributed by atoms with E-state index in [1.165, 1.54) is 25.3 Å². The van der Waals surface area contributed by atoms with Gasteiger partial charge in [0.1, 0.15) is 18.1 Å². The lowest BCUT2D eigenvalue weighted by atomic mass is 10.3. The topological polar surface area (TPSA) is 65.0 Å². The number of phenolic OH excluding ortho intramolecular Hbond substituents is 1. The summed E-state index contributed by atoms with van der Waals surface area (Å²) >= 11 is 0. The van der Waals surface area contributed by atoms with Gasteiger partial charge in [0, 0.05) is 13.2 Å². The van der Waals surface area contributed by atoms with E-state index in [4.69, 9.17) is 9.84 Å². The summed E-state index contributed by atoms with van der Waals surface area (Å²) in [6, 6.07) is 5.89. The summed E-state index contributed by atoms with van der Waals surface area (Å²) in [6.45, 7) is 0.448. The number of carbonyl (C=O) groups excluding carboxylic acids is 1. The SMILES string of the molecule is COCCOC(=O)Oc1cccc(O)c1. The molecule has 0 atom stereocenters. The molecular weight excluding hydrogens is 200 g/mol. The Kier molecular flexibility index (Phi) is 4.43. The van der Waals surface area contributed by atoms with Crippen molar-refractivity contribution < 1.29 is 24.1 Å². The van der Waals surface area contributed by atoms with Gasteiger partial charge in [-0.15, -0.1) is 0 Å². The zero-order valence-electron chi connectivity index (χ0n) is 8.30. The fourth-order valence-corrected chi connectivity index (χ4v) is 0.881. The van der Waals surface area contributed by atoms with Crippen molar-refractivity contribution in [2.75, 3.05) is 20.3 Å². The number of carbonyl (C=O) groups is 1. The van der Waals surface area contributed by atoms with Gasteiger partial charge in [-0.25, -0.2) is 4.79 Å². The first kappa shape index (κ1) is 11.3. The second kappa shape index (κ2) is 5.87. The van der Waals surface area contributed by atoms with E-state index in [0.29, 0.717) is 6.61 Å². The van der Waals surface area contributed by atoms with Crippen molar-refractivity contribution in [3.05, 3.63) is 24.3 Å². The molecule has 1 rings (SSSR count). The van der Waals surface area contributed by atoms with Crippen LogP contribution in [0.1, 0.15) is 0 Å². The molecule has 0 aliphatic rings. The van der Waals surface area contributed by atoms with Crippen LogP contribution in [0, 0.1) is 0 Å². The average molecular weight is 212 g/mol. The maximum absolute atomic E-state index is 11.0. The summed E-state index contributed by atoms with van der Waals surface area (Å²) in [5, 5.41) is 9.09. The average Bonchev–Trinajstić information content (AvgIpc) is 2.18. The molecule has 82 valence electrons. The molecule has 0 bridgehead atoms. The Morgan fingerprint density at radius 3 is 2.87 bits per heavy atom. The Balaban J connectivity index is 2.37. The maximum Gasteiger partial charge on any atom is 0.513 e. The van der Waals surface area contributed by atoms with Crippen LogP contribution in [0.4, 0.5) is 4.79 Å². The summed E-state index contributed by atoms with van der Waals surface area (Å²) in [6.07, 6.45) is -0.822. The van der Waals surface area contributed by atoms with Gasteiger partial charge in [-0.3, -0.25) is 0 Å². The van der Waals surface area contributed by atoms with E-state index in [1.807, 2.05) is 0 Å². The molecule has 0 saturated heterocycles. The van der Waals surface area contributed by atoms with Crippen molar-refractivity contribution >= 4 is 6.16 Å². The number of rotatable bonds is 4. The second-order valence-corrected chi connectivity index (χ2v) is 2.69. The summed E-state index contributed by atoms with van der Waals surface area (Å²) < 4.78 is 14.1. The first-order chi connectivity index (χ1) is 7.22. The van der Waals surface area contributed by atoms with Crippen molar-refractivity contribution in [2.45, 2.75) is 0 Å². The number of ether oxygens (including phenoxy) is 3. The Morgan fingerprint density at radius 1 is 1.40 bits per heavy atom. The minimum Gasteiger partial charge on any atom is -0.508 e. The van der Waals surface area contributed by atoms with E-state index in [1.54, 1.807) is 6.07 Å². The van der Waals surface area contributed by atoms with Crippen LogP contribution in [0.3, 0.4) is 0 Å². The molecule has 1 aromatic rings. The third-order valence-corrected chi connectivity index (χ3v) is 1.53. The summed E-state index contributed by atoms with van der Waals surface area (Å²) in [5.74, 6) is 0.259. The molecule has 1 aromatic carbocycles. The molecule has 0 heterocycles. The molecule has 5 nitrogen and oxygen atoms in total. The molecule has 15 heavy (non-hydrogen) atoms. The molecule has 0 amide bonds. The molecule has 1 N–H and O–H groups in total. The number of hydrogen-bond donors (Lipinski definition) is 1. The molecule has 0 aliphatic carbocycles. The van der Waals surface area contributed by atoms with E-state index in [9.17, 15) is 4.79 Å². The van der Waals surface area contributed by atoms with Crippen LogP contribution in [0.25, 0.3) is 0 Å². The van der Waals surface area contributed by atoms with Crippen molar-refractivity contribution in [1.29, 1.82) is 0 Å². The van der Waals surface area contributed by atoms with Crippen LogP contribution >= 0.6 is 0 Å². The van der Waals surface area contributed by atoms with E-state index < -0.39 is 6.16 Å². The second-order valence-electron chi connectivity index (χ2n) is 2.69. The molecule has 0 aromatic heterocycles. The number of hydrogen-bond acceptors (Lipinski definition) is 5. The smallest absolute Gasteiger partial charge is 0.508 e. The number of aromatic hydroxyl groups is 1. The molecule has 0 fully saturated rings. The van der Waals surface area contributed by atoms with Gasteiger partial charge in [0.05, 0.1) is 6.61 Å². The fourth-order valence-electron chi connectivity index (χ4n) is 0.881. The lowest BCUT2D eigenvalue weighted by Crippen LogP contribution is -2.13. The van der Waals surface area contributed by atoms with Crippen LogP contribution in [-0.2, 0) is 9.47 Å². The van der Waals surface area contributed by atoms with Gasteiger partial charge in [0.15, 0.2) is 0 Å². The van der Waals surface area contributed by atoms with Gasteiger partial charge in [0.2, 0.25) is 0 Å². The third-order valence-electron chi connectivity index (χ3n) is 1.53. The molecule has 0 radical (unpaired) electrons. The zero-order chi connectivity index (χ0) is 11.1. The van der Waals surface area contributed by atoms with E-state index in [-0.39, 0.29) is 18.1 Å². The number of methoxy groups -OCH3 is 1. The lowest BCUT2D eigenvalue weighted by molar-refractivity contribution is 0.0685. The quantitative estimate of drug-likeness (QED) is 0.466. The Labute approximate surface area is 87.2 Å². The van der Waals surface area contributed by atoms with Gasteiger partial charge >= 0.3 is 6.16 Å². The molecule has 5 heteroatoms. The lowest BCUT2D eigenvalue weighted by Gasteiger charge is -2.05. The Hall–Kier alpha value is -1.75. The minimum absolute atomic E-state index is 0.0252. The fraction of sp³-hybridized carbons (Fsp3) is 0.300. The van der Waals surface area contributed by atoms with E-state index in [2.05, 4.69) is 9.47 Å². The van der Waals surface area contributed by atoms with Crippen molar-refractivity contribution in [1.82, 2.24) is 0 Å². The summed E-state index contributed by atoms with van der Waals surface area (Å²) in [4.78, 5) is 11.0. The normalized spacial score (nSPS) is 9.67. The maximum atomic E-state index is 11.0. The van der Waals surface area contributed by atoms with Crippen molar-refractivity contribution in [3.8, 4) is 11.5 Å². The van der Waals surface area contributed by atoms with Crippen LogP contribution < -0.4 is 4.74 Å². The van der Waals surface area contributed by atoms with Crippen LogP contribution in [0.15, 0.2) is 24.3 Å². The van der Waals surface area contributed by atoms with Gasteiger partial charge in [0.25, 0.3) is 0 Å². The largest absolute Gasteiger partial charge is 0.513 e. The standard InChI is InChI=1S/C10H12O5/c1-13-5-6-14-10(12)15-9-4-2-3-8(11)7-9/h2-4,7,11H,5-6H2,1H3. The van der Waals surface area contributed by atoms with Gasteiger partial charge in [-0.05, 0) is 12.1 Å². The van der Waals surface area contributed by atoms with E-state index in [0.717, 1.165) is 0 Å². The molecule has 0 saturated carbocycles. The number of phenols is 1. The number of benzene rings is 1. The molecule has 0 spiro atoms. The Morgan fingerprint density at radius 2 is 2.20 bits per heavy atom. The first-order valence-corrected chi connectivity index (χ1v) is 4.35. The third kappa shape index (κ3) is 4.33. The monoisotopic (exact) mass is 212 g/mol. The highest BCUT2D eigenvalue weighted by molar-refractivity contribution is 5.63. The highest BCUT2D eigenvalue weighted by Crippen LogP contribution is 2.17. The molecule has 0 aliphatic heterocycles. The van der Waals surface area contributed by atoms with Gasteiger partial charge < -0.3 is 19.3 Å². The molecular formula is C10H12O5. The Bertz CT molecular complexity index is 323. The predicted octanol–water partition coefficient (Wildman–Crippen LogP) is 1.55. The summed E-state index contributed by atoms with van der Waals surface area (Å²) in [5.41, 5.74) is 0. The van der Waals surface area contributed by atoms with Crippen LogP contribution in [0.2, 0.25) is 0 Å². The predicted molar refractivity (Wildman–Crippen MR) is 52.0 cm³/mol. The van der Waals surface area contributed by atoms with Crippen molar-refractivity contribution in [3.63, 3.8) is 0 Å². The summed E-state index contributed by atoms with van der Waals surface area (Å²) in [7, 11) is 1.50. The first-order valence-electron chi connectivity index (χ1n) is 4.35. The van der Waals surface area contributed by atoms with Gasteiger partial charge in [-0.2, -0.15) is 0 Å². The van der Waals surface area contributed by atoms with Crippen LogP contribution in [-0.4, -0.2) is 31.6 Å². The van der Waals surface area contributed by atoms with Gasteiger partial charge in [-0.1, -0.05) is 6.07 Å². The zero-order valence-corrected chi connectivity index (χ0v) is 8.30.